The number of nitrogens with zero attached hydrogens (tertiary/aromatic N) is 2. The number of hydrogen-bond donors (Lipinski definition) is 0. The summed E-state index contributed by atoms with van der Waals surface area (Å²) >= 11 is 6.23. The van der Waals surface area contributed by atoms with Crippen LogP contribution in [0.25, 0.3) is 0 Å². The predicted molar refractivity (Wildman–Crippen MR) is 95.5 cm³/mol. The normalized spacial score (nSPS) is 21.5. The van der Waals surface area contributed by atoms with Gasteiger partial charge in [0.2, 0.25) is 0 Å². The number of anilines is 1. The molecule has 1 aromatic rings. The summed E-state index contributed by atoms with van der Waals surface area (Å²) in [5, 5.41) is 0.301. The molecule has 7 heteroatoms. The molecule has 4 rings (SSSR count). The number of benzene rings is 1. The minimum Gasteiger partial charge on any atom is -0.379 e. The van der Waals surface area contributed by atoms with Crippen molar-refractivity contribution in [3.63, 3.8) is 0 Å². The third-order valence-electron chi connectivity index (χ3n) is 5.24. The molecule has 0 N–H and O–H groups in total. The van der Waals surface area contributed by atoms with Gasteiger partial charge in [-0.1, -0.05) is 11.6 Å². The van der Waals surface area contributed by atoms with E-state index in [-0.39, 0.29) is 17.5 Å². The Kier molecular flexibility index (Phi) is 4.82. The Morgan fingerprint density at radius 2 is 1.65 bits per heavy atom. The fraction of sp³-hybridized carbons (Fsp3) is 0.474. The van der Waals surface area contributed by atoms with Gasteiger partial charge >= 0.3 is 0 Å². The van der Waals surface area contributed by atoms with E-state index in [2.05, 4.69) is 4.90 Å². The Bertz CT molecular complexity index is 774. The number of imide groups is 1. The molecular formula is C19H20ClFN2O3. The zero-order chi connectivity index (χ0) is 18.3. The van der Waals surface area contributed by atoms with Gasteiger partial charge in [-0.25, -0.2) is 9.29 Å². The molecule has 1 aliphatic carbocycles. The summed E-state index contributed by atoms with van der Waals surface area (Å²) in [4.78, 5) is 28.6. The number of hydrogen-bond acceptors (Lipinski definition) is 4. The van der Waals surface area contributed by atoms with E-state index in [0.29, 0.717) is 54.3 Å². The van der Waals surface area contributed by atoms with Crippen LogP contribution in [0.4, 0.5) is 10.1 Å². The number of halogens is 2. The summed E-state index contributed by atoms with van der Waals surface area (Å²) in [5.74, 6) is -1.42. The van der Waals surface area contributed by atoms with E-state index in [0.717, 1.165) is 30.8 Å². The van der Waals surface area contributed by atoms with Crippen molar-refractivity contribution in [1.82, 2.24) is 4.90 Å². The lowest BCUT2D eigenvalue weighted by atomic mass is 9.93. The van der Waals surface area contributed by atoms with Crippen molar-refractivity contribution in [2.45, 2.75) is 32.2 Å². The van der Waals surface area contributed by atoms with Gasteiger partial charge < -0.3 is 4.74 Å². The van der Waals surface area contributed by atoms with Gasteiger partial charge in [0.05, 0.1) is 18.9 Å². The van der Waals surface area contributed by atoms with Gasteiger partial charge in [0.25, 0.3) is 11.8 Å². The Morgan fingerprint density at radius 3 is 2.27 bits per heavy atom. The van der Waals surface area contributed by atoms with E-state index in [1.54, 1.807) is 6.07 Å². The number of carbonyl (C=O) groups excluding carboxylic acids is 2. The summed E-state index contributed by atoms with van der Waals surface area (Å²) in [6.07, 6.45) is 2.95. The van der Waals surface area contributed by atoms with Crippen molar-refractivity contribution in [2.75, 3.05) is 31.2 Å². The third kappa shape index (κ3) is 3.06. The first-order valence-corrected chi connectivity index (χ1v) is 9.33. The predicted octanol–water partition coefficient (Wildman–Crippen LogP) is 3.06. The molecule has 3 aliphatic rings. The second-order valence-corrected chi connectivity index (χ2v) is 7.30. The van der Waals surface area contributed by atoms with E-state index in [4.69, 9.17) is 16.3 Å². The zero-order valence-electron chi connectivity index (χ0n) is 14.4. The summed E-state index contributed by atoms with van der Waals surface area (Å²) in [5.41, 5.74) is 1.80. The van der Waals surface area contributed by atoms with Crippen molar-refractivity contribution < 1.29 is 18.7 Å². The van der Waals surface area contributed by atoms with Crippen LogP contribution < -0.4 is 4.90 Å². The molecule has 0 spiro atoms. The van der Waals surface area contributed by atoms with Crippen LogP contribution in [-0.4, -0.2) is 43.0 Å². The first-order valence-electron chi connectivity index (χ1n) is 8.95. The van der Waals surface area contributed by atoms with Crippen LogP contribution in [-0.2, 0) is 20.9 Å². The molecule has 2 amide bonds. The molecule has 138 valence electrons. The highest BCUT2D eigenvalue weighted by molar-refractivity contribution is 6.34. The highest BCUT2D eigenvalue weighted by Gasteiger charge is 2.41. The average molecular weight is 379 g/mol. The van der Waals surface area contributed by atoms with Crippen LogP contribution in [0.3, 0.4) is 0 Å². The summed E-state index contributed by atoms with van der Waals surface area (Å²) in [6, 6.07) is 2.74. The number of morpholine rings is 1. The van der Waals surface area contributed by atoms with Crippen LogP contribution in [0, 0.1) is 5.82 Å². The van der Waals surface area contributed by atoms with Crippen molar-refractivity contribution >= 4 is 29.1 Å². The van der Waals surface area contributed by atoms with Gasteiger partial charge in [-0.05, 0) is 43.4 Å². The monoisotopic (exact) mass is 378 g/mol. The SMILES string of the molecule is O=C1C2=C(CCCC2)C(=O)N1c1cc(CN2CCOCC2)c(Cl)cc1F. The summed E-state index contributed by atoms with van der Waals surface area (Å²) in [6.45, 7) is 3.34. The molecule has 2 aliphatic heterocycles. The number of rotatable bonds is 3. The quantitative estimate of drug-likeness (QED) is 0.758. The Labute approximate surface area is 156 Å². The molecule has 1 fully saturated rings. The number of carbonyl (C=O) groups is 2. The van der Waals surface area contributed by atoms with Gasteiger partial charge in [0, 0.05) is 35.8 Å². The van der Waals surface area contributed by atoms with Gasteiger partial charge in [0.1, 0.15) is 5.82 Å². The fourth-order valence-electron chi connectivity index (χ4n) is 3.83. The van der Waals surface area contributed by atoms with Gasteiger partial charge in [-0.2, -0.15) is 0 Å². The molecule has 0 aromatic heterocycles. The average Bonchev–Trinajstić information content (AvgIpc) is 2.90. The smallest absolute Gasteiger partial charge is 0.261 e. The number of ether oxygens (including phenoxy) is 1. The molecule has 0 saturated carbocycles. The molecule has 0 unspecified atom stereocenters. The van der Waals surface area contributed by atoms with Gasteiger partial charge in [-0.3, -0.25) is 14.5 Å². The van der Waals surface area contributed by atoms with Crippen molar-refractivity contribution in [2.24, 2.45) is 0 Å². The van der Waals surface area contributed by atoms with Crippen molar-refractivity contribution in [3.8, 4) is 0 Å². The molecule has 1 saturated heterocycles. The van der Waals surface area contributed by atoms with Gasteiger partial charge in [-0.15, -0.1) is 0 Å². The Hall–Kier alpha value is -1.76. The molecule has 26 heavy (non-hydrogen) atoms. The van der Waals surface area contributed by atoms with Crippen LogP contribution >= 0.6 is 11.6 Å². The second kappa shape index (κ2) is 7.10. The first-order chi connectivity index (χ1) is 12.6. The highest BCUT2D eigenvalue weighted by atomic mass is 35.5. The highest BCUT2D eigenvalue weighted by Crippen LogP contribution is 2.38. The van der Waals surface area contributed by atoms with Gasteiger partial charge in [0.15, 0.2) is 0 Å². The lowest BCUT2D eigenvalue weighted by Gasteiger charge is -2.27. The molecule has 2 heterocycles. The topological polar surface area (TPSA) is 49.9 Å². The molecule has 1 aromatic carbocycles. The summed E-state index contributed by atoms with van der Waals surface area (Å²) < 4.78 is 19.9. The molecule has 0 radical (unpaired) electrons. The molecular weight excluding hydrogens is 359 g/mol. The summed E-state index contributed by atoms with van der Waals surface area (Å²) in [7, 11) is 0. The largest absolute Gasteiger partial charge is 0.379 e. The third-order valence-corrected chi connectivity index (χ3v) is 5.60. The Balaban J connectivity index is 1.65. The van der Waals surface area contributed by atoms with E-state index in [1.165, 1.54) is 6.07 Å². The second-order valence-electron chi connectivity index (χ2n) is 6.89. The molecule has 0 bridgehead atoms. The van der Waals surface area contributed by atoms with Crippen LogP contribution in [0.1, 0.15) is 31.2 Å². The minimum absolute atomic E-state index is 0.00191. The first kappa shape index (κ1) is 17.6. The standard InChI is InChI=1S/C19H20ClFN2O3/c20-15-10-16(21)17(9-12(15)11-22-5-7-26-8-6-22)23-18(24)13-3-1-2-4-14(13)19(23)25/h9-10H,1-8,11H2. The lowest BCUT2D eigenvalue weighted by Crippen LogP contribution is -2.36. The zero-order valence-corrected chi connectivity index (χ0v) is 15.1. The molecule has 0 atom stereocenters. The fourth-order valence-corrected chi connectivity index (χ4v) is 4.04. The maximum atomic E-state index is 14.6. The van der Waals surface area contributed by atoms with Crippen molar-refractivity contribution in [3.05, 3.63) is 39.7 Å². The maximum absolute atomic E-state index is 14.6. The van der Waals surface area contributed by atoms with E-state index in [1.807, 2.05) is 0 Å². The number of amides is 2. The van der Waals surface area contributed by atoms with Crippen LogP contribution in [0.15, 0.2) is 23.3 Å². The lowest BCUT2D eigenvalue weighted by molar-refractivity contribution is -0.120. The van der Waals surface area contributed by atoms with Crippen molar-refractivity contribution in [1.29, 1.82) is 0 Å². The molecule has 5 nitrogen and oxygen atoms in total. The van der Waals surface area contributed by atoms with E-state index < -0.39 is 5.82 Å². The van der Waals surface area contributed by atoms with Crippen LogP contribution in [0.5, 0.6) is 0 Å². The van der Waals surface area contributed by atoms with Crippen LogP contribution in [0.2, 0.25) is 5.02 Å². The maximum Gasteiger partial charge on any atom is 0.261 e. The Morgan fingerprint density at radius 1 is 1.04 bits per heavy atom. The minimum atomic E-state index is -0.651. The van der Waals surface area contributed by atoms with E-state index >= 15 is 0 Å². The van der Waals surface area contributed by atoms with E-state index in [9.17, 15) is 14.0 Å².